The third kappa shape index (κ3) is 1.72. The fraction of sp³-hybridized carbons (Fsp3) is 0.625. The van der Waals surface area contributed by atoms with Crippen LogP contribution in [0.25, 0.3) is 0 Å². The van der Waals surface area contributed by atoms with Crippen LogP contribution >= 0.6 is 0 Å². The monoisotopic (exact) mass is 262 g/mol. The van der Waals surface area contributed by atoms with Gasteiger partial charge in [-0.3, -0.25) is 0 Å². The Kier molecular flexibility index (Phi) is 3.06. The predicted molar refractivity (Wildman–Crippen MR) is 72.5 cm³/mol. The average Bonchev–Trinajstić information content (AvgIpc) is 2.90. The minimum absolute atomic E-state index is 0.0200. The van der Waals surface area contributed by atoms with Gasteiger partial charge in [0.1, 0.15) is 11.9 Å². The van der Waals surface area contributed by atoms with Gasteiger partial charge in [0.2, 0.25) is 0 Å². The molecule has 1 saturated heterocycles. The molecule has 3 rings (SSSR count). The molecule has 4 unspecified atom stereocenters. The van der Waals surface area contributed by atoms with Crippen LogP contribution in [0.1, 0.15) is 32.6 Å². The number of ether oxygens (including phenoxy) is 1. The second-order valence-electron chi connectivity index (χ2n) is 6.15. The van der Waals surface area contributed by atoms with Gasteiger partial charge in [-0.2, -0.15) is 0 Å². The molecule has 1 fully saturated rings. The quantitative estimate of drug-likeness (QED) is 0.832. The molecular formula is C16H22O3. The highest BCUT2D eigenvalue weighted by Gasteiger charge is 2.53. The van der Waals surface area contributed by atoms with E-state index < -0.39 is 0 Å². The first-order valence-electron chi connectivity index (χ1n) is 7.04. The molecule has 0 amide bonds. The van der Waals surface area contributed by atoms with Crippen LogP contribution in [-0.4, -0.2) is 18.3 Å². The van der Waals surface area contributed by atoms with Crippen molar-refractivity contribution >= 4 is 0 Å². The lowest BCUT2D eigenvalue weighted by Crippen LogP contribution is -2.53. The molecule has 2 heterocycles. The van der Waals surface area contributed by atoms with Crippen LogP contribution < -0.4 is 0 Å². The molecule has 2 bridgehead atoms. The van der Waals surface area contributed by atoms with E-state index in [9.17, 15) is 5.11 Å². The summed E-state index contributed by atoms with van der Waals surface area (Å²) in [6.45, 7) is 7.37. The summed E-state index contributed by atoms with van der Waals surface area (Å²) < 4.78 is 11.6. The molecule has 1 N–H and O–H groups in total. The second kappa shape index (κ2) is 4.50. The van der Waals surface area contributed by atoms with Gasteiger partial charge >= 0.3 is 0 Å². The van der Waals surface area contributed by atoms with Crippen molar-refractivity contribution in [1.29, 1.82) is 0 Å². The van der Waals surface area contributed by atoms with E-state index in [4.69, 9.17) is 9.15 Å². The average molecular weight is 262 g/mol. The van der Waals surface area contributed by atoms with E-state index in [1.54, 1.807) is 6.26 Å². The maximum Gasteiger partial charge on any atom is 0.133 e. The van der Waals surface area contributed by atoms with E-state index in [2.05, 4.69) is 26.8 Å². The Morgan fingerprint density at radius 3 is 2.84 bits per heavy atom. The zero-order valence-corrected chi connectivity index (χ0v) is 11.8. The van der Waals surface area contributed by atoms with Gasteiger partial charge < -0.3 is 14.3 Å². The zero-order valence-electron chi connectivity index (χ0n) is 11.8. The van der Waals surface area contributed by atoms with Crippen molar-refractivity contribution in [2.75, 3.05) is 13.2 Å². The van der Waals surface area contributed by atoms with Gasteiger partial charge in [0.05, 0.1) is 19.5 Å². The van der Waals surface area contributed by atoms with E-state index in [1.165, 1.54) is 5.57 Å². The number of aliphatic hydroxyl groups is 1. The third-order valence-electron chi connectivity index (χ3n) is 5.37. The fourth-order valence-corrected chi connectivity index (χ4v) is 4.00. The van der Waals surface area contributed by atoms with Crippen molar-refractivity contribution in [3.05, 3.63) is 35.8 Å². The summed E-state index contributed by atoms with van der Waals surface area (Å²) in [5.74, 6) is 1.93. The van der Waals surface area contributed by atoms with E-state index in [0.29, 0.717) is 24.4 Å². The summed E-state index contributed by atoms with van der Waals surface area (Å²) in [4.78, 5) is 0. The largest absolute Gasteiger partial charge is 0.467 e. The molecule has 3 nitrogen and oxygen atoms in total. The second-order valence-corrected chi connectivity index (χ2v) is 6.15. The predicted octanol–water partition coefficient (Wildman–Crippen LogP) is 3.18. The normalized spacial score (nSPS) is 42.0. The lowest BCUT2D eigenvalue weighted by molar-refractivity contribution is -0.170. The molecule has 0 saturated carbocycles. The summed E-state index contributed by atoms with van der Waals surface area (Å²) in [7, 11) is 0. The molecule has 3 heteroatoms. The molecule has 2 aliphatic rings. The van der Waals surface area contributed by atoms with Gasteiger partial charge in [0, 0.05) is 11.3 Å². The highest BCUT2D eigenvalue weighted by Crippen LogP contribution is 2.55. The summed E-state index contributed by atoms with van der Waals surface area (Å²) in [6, 6.07) is 3.89. The van der Waals surface area contributed by atoms with Crippen LogP contribution in [0.15, 0.2) is 34.5 Å². The van der Waals surface area contributed by atoms with Crippen LogP contribution in [0.2, 0.25) is 0 Å². The highest BCUT2D eigenvalue weighted by molar-refractivity contribution is 5.23. The molecule has 0 spiro atoms. The fourth-order valence-electron chi connectivity index (χ4n) is 4.00. The van der Waals surface area contributed by atoms with Gasteiger partial charge in [-0.1, -0.05) is 25.5 Å². The first kappa shape index (κ1) is 12.9. The molecule has 0 radical (unpaired) electrons. The Morgan fingerprint density at radius 1 is 1.42 bits per heavy atom. The first-order chi connectivity index (χ1) is 9.10. The van der Waals surface area contributed by atoms with Gasteiger partial charge in [-0.25, -0.2) is 0 Å². The Balaban J connectivity index is 2.03. The Hall–Kier alpha value is -1.06. The Labute approximate surface area is 114 Å². The highest BCUT2D eigenvalue weighted by atomic mass is 16.5. The van der Waals surface area contributed by atoms with Gasteiger partial charge in [-0.15, -0.1) is 0 Å². The number of allylic oxidation sites excluding steroid dienone is 1. The van der Waals surface area contributed by atoms with E-state index in [1.807, 2.05) is 12.1 Å². The van der Waals surface area contributed by atoms with Gasteiger partial charge in [-0.05, 0) is 30.9 Å². The lowest BCUT2D eigenvalue weighted by atomic mass is 9.56. The molecular weight excluding hydrogens is 240 g/mol. The van der Waals surface area contributed by atoms with Crippen molar-refractivity contribution in [2.45, 2.75) is 26.9 Å². The number of furan rings is 1. The summed E-state index contributed by atoms with van der Waals surface area (Å²) in [6.07, 6.45) is 3.98. The Morgan fingerprint density at radius 2 is 2.21 bits per heavy atom. The third-order valence-corrected chi connectivity index (χ3v) is 5.37. The summed E-state index contributed by atoms with van der Waals surface area (Å²) in [5, 5.41) is 9.90. The van der Waals surface area contributed by atoms with Crippen LogP contribution in [0.4, 0.5) is 0 Å². The number of fused-ring (bicyclic) bond motifs is 2. The summed E-state index contributed by atoms with van der Waals surface area (Å²) in [5.41, 5.74) is 1.21. The minimum atomic E-state index is -0.146. The van der Waals surface area contributed by atoms with Crippen molar-refractivity contribution in [3.8, 4) is 0 Å². The van der Waals surface area contributed by atoms with Crippen molar-refractivity contribution < 1.29 is 14.3 Å². The van der Waals surface area contributed by atoms with Crippen LogP contribution in [-0.2, 0) is 4.74 Å². The number of aliphatic hydroxyl groups excluding tert-OH is 1. The van der Waals surface area contributed by atoms with E-state index in [-0.39, 0.29) is 18.1 Å². The van der Waals surface area contributed by atoms with E-state index in [0.717, 1.165) is 5.76 Å². The molecule has 1 aromatic heterocycles. The van der Waals surface area contributed by atoms with Gasteiger partial charge in [0.15, 0.2) is 0 Å². The SMILES string of the molecule is CC1=CC(C)C2(CO)COC(c3ccco3)C1[C@H]2C. The maximum absolute atomic E-state index is 9.90. The van der Waals surface area contributed by atoms with Crippen molar-refractivity contribution in [3.63, 3.8) is 0 Å². The molecule has 1 aliphatic heterocycles. The first-order valence-corrected chi connectivity index (χ1v) is 7.04. The summed E-state index contributed by atoms with van der Waals surface area (Å²) >= 11 is 0. The number of hydrogen-bond donors (Lipinski definition) is 1. The maximum atomic E-state index is 9.90. The Bertz CT molecular complexity index is 476. The molecule has 1 aliphatic carbocycles. The molecule has 104 valence electrons. The number of hydrogen-bond acceptors (Lipinski definition) is 3. The molecule has 5 atom stereocenters. The van der Waals surface area contributed by atoms with Crippen molar-refractivity contribution in [1.82, 2.24) is 0 Å². The minimum Gasteiger partial charge on any atom is -0.467 e. The standard InChI is InChI=1S/C16H22O3/c1-10-7-11(2)16(8-17)9-19-15(14(10)12(16)3)13-5-4-6-18-13/h4-7,11-12,14-15,17H,8-9H2,1-3H3/t11?,12-,14?,15?,16?/m1/s1. The van der Waals surface area contributed by atoms with Crippen LogP contribution in [0, 0.1) is 23.2 Å². The van der Waals surface area contributed by atoms with Gasteiger partial charge in [0.25, 0.3) is 0 Å². The number of rotatable bonds is 2. The topological polar surface area (TPSA) is 42.6 Å². The molecule has 0 aromatic carbocycles. The van der Waals surface area contributed by atoms with Crippen molar-refractivity contribution in [2.24, 2.45) is 23.2 Å². The smallest absolute Gasteiger partial charge is 0.133 e. The lowest BCUT2D eigenvalue weighted by Gasteiger charge is -2.54. The van der Waals surface area contributed by atoms with Crippen LogP contribution in [0.3, 0.4) is 0 Å². The van der Waals surface area contributed by atoms with E-state index >= 15 is 0 Å². The van der Waals surface area contributed by atoms with Crippen LogP contribution in [0.5, 0.6) is 0 Å². The zero-order chi connectivity index (χ0) is 13.6. The molecule has 1 aromatic rings. The molecule has 19 heavy (non-hydrogen) atoms.